The molecule has 4 rings (SSSR count). The maximum absolute atomic E-state index is 14.0. The summed E-state index contributed by atoms with van der Waals surface area (Å²) < 4.78 is 51.0. The molecule has 0 aliphatic carbocycles. The van der Waals surface area contributed by atoms with Crippen molar-refractivity contribution in [3.63, 3.8) is 0 Å². The van der Waals surface area contributed by atoms with Gasteiger partial charge in [-0.3, -0.25) is 14.5 Å². The quantitative estimate of drug-likeness (QED) is 0.220. The zero-order chi connectivity index (χ0) is 26.7. The van der Waals surface area contributed by atoms with Crippen molar-refractivity contribution in [3.8, 4) is 11.5 Å². The average Bonchev–Trinajstić information content (AvgIpc) is 3.10. The van der Waals surface area contributed by atoms with Crippen molar-refractivity contribution in [1.29, 1.82) is 0 Å². The molecule has 0 N–H and O–H groups in total. The largest absolute Gasteiger partial charge is 0.490 e. The monoisotopic (exact) mass is 605 g/mol. The molecule has 7 nitrogen and oxygen atoms in total. The fourth-order valence-electron chi connectivity index (χ4n) is 3.46. The molecular formula is C26H21BrFNO6S2. The van der Waals surface area contributed by atoms with Crippen molar-refractivity contribution in [1.82, 2.24) is 4.90 Å². The van der Waals surface area contributed by atoms with Crippen LogP contribution in [0.2, 0.25) is 0 Å². The third kappa shape index (κ3) is 6.06. The Hall–Kier alpha value is -3.15. The molecule has 1 aliphatic heterocycles. The van der Waals surface area contributed by atoms with E-state index in [-0.39, 0.29) is 44.5 Å². The zero-order valence-electron chi connectivity index (χ0n) is 19.7. The van der Waals surface area contributed by atoms with Gasteiger partial charge in [-0.15, -0.1) is 0 Å². The van der Waals surface area contributed by atoms with Crippen LogP contribution in [0, 0.1) is 12.7 Å². The summed E-state index contributed by atoms with van der Waals surface area (Å²) in [4.78, 5) is 26.5. The van der Waals surface area contributed by atoms with Gasteiger partial charge in [-0.05, 0) is 83.5 Å². The van der Waals surface area contributed by atoms with E-state index < -0.39 is 27.1 Å². The molecule has 1 aliphatic rings. The van der Waals surface area contributed by atoms with E-state index in [9.17, 15) is 22.4 Å². The number of amides is 2. The fraction of sp³-hybridized carbons (Fsp3) is 0.154. The van der Waals surface area contributed by atoms with E-state index in [0.717, 1.165) is 22.2 Å². The van der Waals surface area contributed by atoms with Crippen molar-refractivity contribution >= 4 is 55.0 Å². The third-order valence-electron chi connectivity index (χ3n) is 5.29. The van der Waals surface area contributed by atoms with Crippen molar-refractivity contribution in [2.24, 2.45) is 0 Å². The Morgan fingerprint density at radius 1 is 1.08 bits per heavy atom. The molecule has 1 heterocycles. The minimum absolute atomic E-state index is 0.0138. The number of thioether (sulfide) groups is 1. The van der Waals surface area contributed by atoms with Crippen LogP contribution in [0.1, 0.15) is 23.6 Å². The van der Waals surface area contributed by atoms with Gasteiger partial charge in [-0.2, -0.15) is 8.42 Å². The minimum atomic E-state index is -4.15. The predicted octanol–water partition coefficient (Wildman–Crippen LogP) is 6.30. The molecule has 0 spiro atoms. The number of halogens is 2. The second-order valence-electron chi connectivity index (χ2n) is 7.97. The van der Waals surface area contributed by atoms with Crippen LogP contribution in [0.25, 0.3) is 6.08 Å². The standard InChI is InChI=1S/C26H21BrFNO6S2/c1-3-34-22-13-17(12-20(27)24(22)35-37(32,33)19-10-8-16(2)9-11-19)14-23-25(30)29(26(31)36-23)15-18-6-4-5-7-21(18)28/h4-14H,3,15H2,1-2H3/b23-14-. The van der Waals surface area contributed by atoms with Gasteiger partial charge in [0.15, 0.2) is 11.5 Å². The minimum Gasteiger partial charge on any atom is -0.490 e. The molecule has 0 saturated carbocycles. The smallest absolute Gasteiger partial charge is 0.339 e. The van der Waals surface area contributed by atoms with Crippen LogP contribution in [-0.2, 0) is 21.5 Å². The van der Waals surface area contributed by atoms with Gasteiger partial charge in [0.05, 0.1) is 22.5 Å². The Balaban J connectivity index is 1.62. The Bertz CT molecular complexity index is 1510. The number of imide groups is 1. The number of carbonyl (C=O) groups is 2. The maximum Gasteiger partial charge on any atom is 0.339 e. The van der Waals surface area contributed by atoms with E-state index in [0.29, 0.717) is 5.56 Å². The number of nitrogens with zero attached hydrogens (tertiary/aromatic N) is 1. The second kappa shape index (κ2) is 11.1. The zero-order valence-corrected chi connectivity index (χ0v) is 23.0. The lowest BCUT2D eigenvalue weighted by atomic mass is 10.1. The Morgan fingerprint density at radius 3 is 2.46 bits per heavy atom. The van der Waals surface area contributed by atoms with Gasteiger partial charge in [0, 0.05) is 5.56 Å². The van der Waals surface area contributed by atoms with E-state index in [1.807, 2.05) is 6.92 Å². The summed E-state index contributed by atoms with van der Waals surface area (Å²) >= 11 is 4.07. The third-order valence-corrected chi connectivity index (χ3v) is 8.02. The number of ether oxygens (including phenoxy) is 1. The van der Waals surface area contributed by atoms with Gasteiger partial charge < -0.3 is 8.92 Å². The second-order valence-corrected chi connectivity index (χ2v) is 11.4. The lowest BCUT2D eigenvalue weighted by Gasteiger charge is -2.15. The molecule has 37 heavy (non-hydrogen) atoms. The summed E-state index contributed by atoms with van der Waals surface area (Å²) in [5, 5.41) is -0.521. The summed E-state index contributed by atoms with van der Waals surface area (Å²) in [6, 6.07) is 15.2. The molecule has 3 aromatic rings. The van der Waals surface area contributed by atoms with E-state index in [1.165, 1.54) is 42.5 Å². The van der Waals surface area contributed by atoms with Gasteiger partial charge in [0.1, 0.15) is 10.7 Å². The summed E-state index contributed by atoms with van der Waals surface area (Å²) in [6.45, 7) is 3.60. The van der Waals surface area contributed by atoms with Crippen LogP contribution < -0.4 is 8.92 Å². The van der Waals surface area contributed by atoms with Gasteiger partial charge in [-0.1, -0.05) is 35.9 Å². The van der Waals surface area contributed by atoms with Crippen molar-refractivity contribution < 1.29 is 31.3 Å². The summed E-state index contributed by atoms with van der Waals surface area (Å²) in [6.07, 6.45) is 1.48. The predicted molar refractivity (Wildman–Crippen MR) is 142 cm³/mol. The van der Waals surface area contributed by atoms with Gasteiger partial charge in [0.2, 0.25) is 0 Å². The molecule has 0 atom stereocenters. The SMILES string of the molecule is CCOc1cc(/C=C2\SC(=O)N(Cc3ccccc3F)C2=O)cc(Br)c1OS(=O)(=O)c1ccc(C)cc1. The molecule has 0 unspecified atom stereocenters. The van der Waals surface area contributed by atoms with Crippen LogP contribution in [0.5, 0.6) is 11.5 Å². The maximum atomic E-state index is 14.0. The van der Waals surface area contributed by atoms with E-state index >= 15 is 0 Å². The van der Waals surface area contributed by atoms with Crippen molar-refractivity contribution in [2.75, 3.05) is 6.61 Å². The van der Waals surface area contributed by atoms with E-state index in [1.54, 1.807) is 31.2 Å². The highest BCUT2D eigenvalue weighted by molar-refractivity contribution is 9.10. The van der Waals surface area contributed by atoms with Crippen LogP contribution >= 0.6 is 27.7 Å². The first-order chi connectivity index (χ1) is 17.6. The van der Waals surface area contributed by atoms with Gasteiger partial charge in [-0.25, -0.2) is 4.39 Å². The first-order valence-electron chi connectivity index (χ1n) is 11.1. The summed E-state index contributed by atoms with van der Waals surface area (Å²) in [7, 11) is -4.15. The van der Waals surface area contributed by atoms with Crippen molar-refractivity contribution in [3.05, 3.63) is 92.5 Å². The first-order valence-corrected chi connectivity index (χ1v) is 14.1. The van der Waals surface area contributed by atoms with Crippen LogP contribution in [0.3, 0.4) is 0 Å². The number of benzene rings is 3. The topological polar surface area (TPSA) is 90.0 Å². The molecule has 0 bridgehead atoms. The molecule has 3 aromatic carbocycles. The van der Waals surface area contributed by atoms with Gasteiger partial charge >= 0.3 is 10.1 Å². The highest BCUT2D eigenvalue weighted by Gasteiger charge is 2.35. The van der Waals surface area contributed by atoms with Crippen LogP contribution in [0.4, 0.5) is 9.18 Å². The molecule has 192 valence electrons. The lowest BCUT2D eigenvalue weighted by Crippen LogP contribution is -2.27. The molecule has 0 aromatic heterocycles. The molecule has 1 fully saturated rings. The number of rotatable bonds is 8. The Labute approximate surface area is 226 Å². The Morgan fingerprint density at radius 2 is 1.78 bits per heavy atom. The Kier molecular flexibility index (Phi) is 8.05. The molecule has 0 radical (unpaired) electrons. The van der Waals surface area contributed by atoms with Crippen molar-refractivity contribution in [2.45, 2.75) is 25.3 Å². The highest BCUT2D eigenvalue weighted by Crippen LogP contribution is 2.41. The number of hydrogen-bond acceptors (Lipinski definition) is 7. The number of aryl methyl sites for hydroxylation is 1. The van der Waals surface area contributed by atoms with Crippen LogP contribution in [-0.4, -0.2) is 31.1 Å². The summed E-state index contributed by atoms with van der Waals surface area (Å²) in [5.74, 6) is -0.988. The highest BCUT2D eigenvalue weighted by atomic mass is 79.9. The fourth-order valence-corrected chi connectivity index (χ4v) is 5.91. The number of hydrogen-bond donors (Lipinski definition) is 0. The molecule has 1 saturated heterocycles. The summed E-state index contributed by atoms with van der Waals surface area (Å²) in [5.41, 5.74) is 1.59. The van der Waals surface area contributed by atoms with Crippen LogP contribution in [0.15, 0.2) is 74.9 Å². The van der Waals surface area contributed by atoms with Gasteiger partial charge in [0.25, 0.3) is 11.1 Å². The molecule has 2 amide bonds. The number of carbonyl (C=O) groups excluding carboxylic acids is 2. The van der Waals surface area contributed by atoms with E-state index in [4.69, 9.17) is 8.92 Å². The van der Waals surface area contributed by atoms with E-state index in [2.05, 4.69) is 15.9 Å². The lowest BCUT2D eigenvalue weighted by molar-refractivity contribution is -0.123. The first kappa shape index (κ1) is 26.9. The average molecular weight is 606 g/mol. The normalized spacial score (nSPS) is 14.9. The molecular weight excluding hydrogens is 585 g/mol. The molecule has 11 heteroatoms.